The molecule has 0 aromatic heterocycles. The lowest BCUT2D eigenvalue weighted by Crippen LogP contribution is -2.29. The number of hydrogen-bond donors (Lipinski definition) is 2. The number of rotatable bonds is 55. The van der Waals surface area contributed by atoms with E-state index in [2.05, 4.69) is 208 Å². The first-order valence-corrected chi connectivity index (χ1v) is 32.4. The maximum Gasteiger partial charge on any atom is 0.472 e. The van der Waals surface area contributed by atoms with Crippen molar-refractivity contribution in [2.75, 3.05) is 26.4 Å². The van der Waals surface area contributed by atoms with Crippen molar-refractivity contribution in [1.82, 2.24) is 0 Å². The number of allylic oxidation sites excluding steroid dienone is 32. The Morgan fingerprint density at radius 2 is 0.642 bits per heavy atom. The van der Waals surface area contributed by atoms with Crippen molar-refractivity contribution in [3.8, 4) is 0 Å². The number of nitrogens with two attached hydrogens (primary N) is 1. The van der Waals surface area contributed by atoms with Gasteiger partial charge in [0.2, 0.25) is 0 Å². The Kier molecular flexibility index (Phi) is 60.0. The molecule has 0 spiro atoms. The SMILES string of the molecule is CC/C=C\C/C=C\C/C=C\C/C=C\C/C=C\C/C=C\C/C=C\C/C=C\C/C=C\C/C=C\C/C=C\CCCCCCCC(=O)OC(COC(=O)CCCCCCC/C=C\C/C=C\C/C=C\C/C=C\C/C=C\CC)COP(=O)(O)OCCN. The maximum absolute atomic E-state index is 12.7. The molecule has 0 aliphatic rings. The predicted molar refractivity (Wildman–Crippen MR) is 348 cm³/mol. The summed E-state index contributed by atoms with van der Waals surface area (Å²) in [6.45, 7) is 3.43. The van der Waals surface area contributed by atoms with E-state index in [0.29, 0.717) is 12.8 Å². The average Bonchev–Trinajstić information content (AvgIpc) is 3.46. The molecule has 2 unspecified atom stereocenters. The first-order chi connectivity index (χ1) is 39.8. The van der Waals surface area contributed by atoms with Gasteiger partial charge in [-0.1, -0.05) is 247 Å². The molecule has 3 N–H and O–H groups in total. The predicted octanol–water partition coefficient (Wildman–Crippen LogP) is 20.2. The monoisotopic (exact) mass is 1140 g/mol. The Balaban J connectivity index is 4.10. The standard InChI is InChI=1S/C71H110NO8P/c1-3-5-7-9-11-13-15-17-19-21-23-25-26-27-28-29-30-31-32-33-34-35-36-37-38-39-40-41-42-44-46-48-50-52-54-56-58-60-62-64-71(74)80-69(68-79-81(75,76)78-66-65-72)67-77-70(73)63-61-59-57-55-53-51-49-47-45-43-24-22-20-18-16-14-12-10-8-6-4-2/h5-8,11-14,17-20,23-25,27-28,30-31,33-34,36-37,39-40,42-44,47-50,69H,3-4,9-10,15-16,21-22,26,29,32,35,38,41,45-46,51-68,72H2,1-2H3,(H,75,76)/b7-5-,8-6-,13-11-,14-12-,19-17-,20-18-,25-23-,28-27-,31-30-,34-33-,37-36-,40-39-,43-24-,44-42-,49-47-,50-48-. The zero-order chi connectivity index (χ0) is 58.7. The van der Waals surface area contributed by atoms with Crippen LogP contribution in [0.4, 0.5) is 0 Å². The van der Waals surface area contributed by atoms with Crippen molar-refractivity contribution in [2.24, 2.45) is 5.73 Å². The van der Waals surface area contributed by atoms with Crippen LogP contribution in [-0.4, -0.2) is 49.3 Å². The normalized spacial score (nSPS) is 14.4. The van der Waals surface area contributed by atoms with Gasteiger partial charge in [0.25, 0.3) is 0 Å². The Morgan fingerprint density at radius 3 is 0.951 bits per heavy atom. The van der Waals surface area contributed by atoms with Gasteiger partial charge in [-0.25, -0.2) is 4.57 Å². The van der Waals surface area contributed by atoms with Crippen LogP contribution in [0.15, 0.2) is 194 Å². The molecule has 10 heteroatoms. The minimum atomic E-state index is -4.42. The van der Waals surface area contributed by atoms with Gasteiger partial charge in [0.05, 0.1) is 13.2 Å². The van der Waals surface area contributed by atoms with Gasteiger partial charge in [-0.2, -0.15) is 0 Å². The lowest BCUT2D eigenvalue weighted by molar-refractivity contribution is -0.161. The molecule has 0 rings (SSSR count). The van der Waals surface area contributed by atoms with Gasteiger partial charge in [-0.05, 0) is 141 Å². The molecule has 452 valence electrons. The van der Waals surface area contributed by atoms with Gasteiger partial charge in [0.15, 0.2) is 6.10 Å². The molecule has 0 saturated carbocycles. The first kappa shape index (κ1) is 75.8. The number of carbonyl (C=O) groups is 2. The highest BCUT2D eigenvalue weighted by Gasteiger charge is 2.26. The molecule has 0 heterocycles. The third-order valence-electron chi connectivity index (χ3n) is 12.0. The van der Waals surface area contributed by atoms with Crippen LogP contribution in [0, 0.1) is 0 Å². The van der Waals surface area contributed by atoms with E-state index in [9.17, 15) is 19.0 Å². The molecule has 2 atom stereocenters. The van der Waals surface area contributed by atoms with Crippen LogP contribution >= 0.6 is 7.82 Å². The Bertz CT molecular complexity index is 2020. The van der Waals surface area contributed by atoms with Crippen molar-refractivity contribution in [3.63, 3.8) is 0 Å². The largest absolute Gasteiger partial charge is 0.472 e. The summed E-state index contributed by atoms with van der Waals surface area (Å²) < 4.78 is 33.0. The van der Waals surface area contributed by atoms with Gasteiger partial charge < -0.3 is 20.1 Å². The zero-order valence-electron chi connectivity index (χ0n) is 50.4. The molecule has 0 aliphatic carbocycles. The third-order valence-corrected chi connectivity index (χ3v) is 13.0. The Hall–Kier alpha value is -5.15. The second-order valence-electron chi connectivity index (χ2n) is 19.5. The Morgan fingerprint density at radius 1 is 0.370 bits per heavy atom. The third kappa shape index (κ3) is 63.9. The lowest BCUT2D eigenvalue weighted by Gasteiger charge is -2.19. The van der Waals surface area contributed by atoms with Gasteiger partial charge in [-0.3, -0.25) is 18.6 Å². The van der Waals surface area contributed by atoms with Crippen LogP contribution in [0.1, 0.15) is 206 Å². The van der Waals surface area contributed by atoms with Crippen molar-refractivity contribution in [3.05, 3.63) is 194 Å². The van der Waals surface area contributed by atoms with Gasteiger partial charge in [0, 0.05) is 19.4 Å². The molecular weight excluding hydrogens is 1030 g/mol. The molecule has 0 amide bonds. The summed E-state index contributed by atoms with van der Waals surface area (Å²) in [4.78, 5) is 35.2. The van der Waals surface area contributed by atoms with Crippen molar-refractivity contribution in [1.29, 1.82) is 0 Å². The molecule has 0 bridgehead atoms. The highest BCUT2D eigenvalue weighted by atomic mass is 31.2. The number of unbranched alkanes of at least 4 members (excludes halogenated alkanes) is 10. The van der Waals surface area contributed by atoms with Crippen LogP contribution in [-0.2, 0) is 32.7 Å². The quantitative estimate of drug-likeness (QED) is 0.0264. The fourth-order valence-electron chi connectivity index (χ4n) is 7.49. The van der Waals surface area contributed by atoms with E-state index < -0.39 is 32.5 Å². The molecule has 0 aromatic rings. The minimum absolute atomic E-state index is 0.0356. The first-order valence-electron chi connectivity index (χ1n) is 30.9. The van der Waals surface area contributed by atoms with E-state index in [-0.39, 0.29) is 32.6 Å². The second-order valence-corrected chi connectivity index (χ2v) is 20.9. The van der Waals surface area contributed by atoms with Gasteiger partial charge >= 0.3 is 19.8 Å². The van der Waals surface area contributed by atoms with E-state index in [0.717, 1.165) is 167 Å². The number of esters is 2. The van der Waals surface area contributed by atoms with Crippen molar-refractivity contribution in [2.45, 2.75) is 213 Å². The maximum atomic E-state index is 12.7. The molecule has 81 heavy (non-hydrogen) atoms. The molecular formula is C71H110NO8P. The number of phosphoric acid groups is 1. The van der Waals surface area contributed by atoms with Gasteiger partial charge in [-0.15, -0.1) is 0 Å². The molecule has 0 aromatic carbocycles. The summed E-state index contributed by atoms with van der Waals surface area (Å²) in [5.41, 5.74) is 5.38. The van der Waals surface area contributed by atoms with Crippen LogP contribution in [0.3, 0.4) is 0 Å². The van der Waals surface area contributed by atoms with E-state index >= 15 is 0 Å². The summed E-state index contributed by atoms with van der Waals surface area (Å²) >= 11 is 0. The van der Waals surface area contributed by atoms with Crippen molar-refractivity contribution >= 4 is 19.8 Å². The lowest BCUT2D eigenvalue weighted by atomic mass is 10.1. The zero-order valence-corrected chi connectivity index (χ0v) is 51.3. The summed E-state index contributed by atoms with van der Waals surface area (Å²) in [6.07, 6.45) is 97.7. The van der Waals surface area contributed by atoms with E-state index in [4.69, 9.17) is 24.3 Å². The number of hydrogen-bond acceptors (Lipinski definition) is 8. The number of ether oxygens (including phenoxy) is 2. The van der Waals surface area contributed by atoms with Crippen molar-refractivity contribution < 1.29 is 37.6 Å². The molecule has 0 aliphatic heterocycles. The smallest absolute Gasteiger partial charge is 0.462 e. The van der Waals surface area contributed by atoms with E-state index in [1.54, 1.807) is 0 Å². The number of carbonyl (C=O) groups excluding carboxylic acids is 2. The fourth-order valence-corrected chi connectivity index (χ4v) is 8.25. The van der Waals surface area contributed by atoms with Crippen LogP contribution < -0.4 is 5.73 Å². The fraction of sp³-hybridized carbons (Fsp3) is 0.521. The van der Waals surface area contributed by atoms with Gasteiger partial charge in [0.1, 0.15) is 6.61 Å². The van der Waals surface area contributed by atoms with E-state index in [1.165, 1.54) is 0 Å². The molecule has 9 nitrogen and oxygen atoms in total. The molecule has 0 radical (unpaired) electrons. The summed E-state index contributed by atoms with van der Waals surface area (Å²) in [6, 6.07) is 0. The van der Waals surface area contributed by atoms with Crippen LogP contribution in [0.2, 0.25) is 0 Å². The summed E-state index contributed by atoms with van der Waals surface area (Å²) in [5.74, 6) is -0.890. The van der Waals surface area contributed by atoms with Crippen LogP contribution in [0.5, 0.6) is 0 Å². The molecule has 0 fully saturated rings. The van der Waals surface area contributed by atoms with E-state index in [1.807, 2.05) is 0 Å². The highest BCUT2D eigenvalue weighted by Crippen LogP contribution is 2.43. The number of phosphoric ester groups is 1. The second kappa shape index (κ2) is 64.0. The summed E-state index contributed by atoms with van der Waals surface area (Å²) in [5, 5.41) is 0. The average molecular weight is 1140 g/mol. The Labute approximate surface area is 494 Å². The van der Waals surface area contributed by atoms with Crippen LogP contribution in [0.25, 0.3) is 0 Å². The molecule has 0 saturated heterocycles. The topological polar surface area (TPSA) is 134 Å². The highest BCUT2D eigenvalue weighted by molar-refractivity contribution is 7.47. The summed E-state index contributed by atoms with van der Waals surface area (Å²) in [7, 11) is -4.42. The minimum Gasteiger partial charge on any atom is -0.462 e.